The quantitative estimate of drug-likeness (QED) is 0.636. The Morgan fingerprint density at radius 3 is 2.35 bits per heavy atom. The molecule has 2 rings (SSSR count). The second-order valence-electron chi connectivity index (χ2n) is 4.23. The van der Waals surface area contributed by atoms with Gasteiger partial charge in [-0.3, -0.25) is 4.79 Å². The van der Waals surface area contributed by atoms with Gasteiger partial charge in [0.25, 0.3) is 0 Å². The first-order chi connectivity index (χ1) is 7.99. The highest BCUT2D eigenvalue weighted by atomic mass is 16.3. The van der Waals surface area contributed by atoms with E-state index in [2.05, 4.69) is 0 Å². The summed E-state index contributed by atoms with van der Waals surface area (Å²) in [6.07, 6.45) is 0. The Bertz CT molecular complexity index is 582. The van der Waals surface area contributed by atoms with E-state index in [0.29, 0.717) is 22.6 Å². The lowest BCUT2D eigenvalue weighted by molar-refractivity contribution is 0.103. The lowest BCUT2D eigenvalue weighted by Crippen LogP contribution is -2.04. The van der Waals surface area contributed by atoms with Gasteiger partial charge in [0.1, 0.15) is 11.5 Å². The van der Waals surface area contributed by atoms with Gasteiger partial charge in [0, 0.05) is 11.3 Å². The topological polar surface area (TPSA) is 56.2 Å². The highest BCUT2D eigenvalue weighted by Crippen LogP contribution is 2.21. The fourth-order valence-electron chi connectivity index (χ4n) is 1.94. The standard InChI is InChI=1S/C14H15NO2/c1-8-6-11(15)4-5-12(8)14(16)13-7-9(2)17-10(13)3/h4-7H,15H2,1-3H3. The summed E-state index contributed by atoms with van der Waals surface area (Å²) in [6.45, 7) is 5.51. The van der Waals surface area contributed by atoms with Crippen LogP contribution < -0.4 is 5.73 Å². The predicted molar refractivity (Wildman–Crippen MR) is 67.2 cm³/mol. The Labute approximate surface area is 100 Å². The molecule has 88 valence electrons. The van der Waals surface area contributed by atoms with Gasteiger partial charge in [0.05, 0.1) is 5.56 Å². The fraction of sp³-hybridized carbons (Fsp3) is 0.214. The summed E-state index contributed by atoms with van der Waals surface area (Å²) in [4.78, 5) is 12.3. The molecule has 0 atom stereocenters. The van der Waals surface area contributed by atoms with Gasteiger partial charge < -0.3 is 10.2 Å². The van der Waals surface area contributed by atoms with Crippen LogP contribution in [0.15, 0.2) is 28.7 Å². The van der Waals surface area contributed by atoms with E-state index in [1.807, 2.05) is 13.8 Å². The van der Waals surface area contributed by atoms with E-state index in [0.717, 1.165) is 11.3 Å². The minimum absolute atomic E-state index is 0.0168. The van der Waals surface area contributed by atoms with E-state index in [4.69, 9.17) is 10.2 Å². The molecule has 3 nitrogen and oxygen atoms in total. The molecular formula is C14H15NO2. The van der Waals surface area contributed by atoms with E-state index in [-0.39, 0.29) is 5.78 Å². The second kappa shape index (κ2) is 4.09. The number of furan rings is 1. The molecular weight excluding hydrogens is 214 g/mol. The Morgan fingerprint density at radius 1 is 1.12 bits per heavy atom. The smallest absolute Gasteiger partial charge is 0.196 e. The average Bonchev–Trinajstić information content (AvgIpc) is 2.57. The number of aryl methyl sites for hydroxylation is 3. The van der Waals surface area contributed by atoms with Crippen molar-refractivity contribution < 1.29 is 9.21 Å². The molecule has 2 aromatic rings. The van der Waals surface area contributed by atoms with E-state index < -0.39 is 0 Å². The number of ketones is 1. The molecule has 0 unspecified atom stereocenters. The molecule has 0 bridgehead atoms. The Balaban J connectivity index is 2.47. The van der Waals surface area contributed by atoms with Crippen LogP contribution in [0.3, 0.4) is 0 Å². The van der Waals surface area contributed by atoms with Crippen LogP contribution in [0.4, 0.5) is 5.69 Å². The largest absolute Gasteiger partial charge is 0.466 e. The summed E-state index contributed by atoms with van der Waals surface area (Å²) < 4.78 is 5.38. The minimum atomic E-state index is -0.0168. The number of hydrogen-bond acceptors (Lipinski definition) is 3. The first kappa shape index (κ1) is 11.5. The second-order valence-corrected chi connectivity index (χ2v) is 4.23. The third kappa shape index (κ3) is 2.09. The van der Waals surface area contributed by atoms with Crippen LogP contribution >= 0.6 is 0 Å². The number of nitrogen functional groups attached to an aromatic ring is 1. The van der Waals surface area contributed by atoms with Gasteiger partial charge in [-0.25, -0.2) is 0 Å². The van der Waals surface area contributed by atoms with Gasteiger partial charge >= 0.3 is 0 Å². The number of nitrogens with two attached hydrogens (primary N) is 1. The van der Waals surface area contributed by atoms with Crippen molar-refractivity contribution in [2.45, 2.75) is 20.8 Å². The van der Waals surface area contributed by atoms with Gasteiger partial charge in [-0.15, -0.1) is 0 Å². The molecule has 0 amide bonds. The molecule has 0 saturated heterocycles. The molecule has 1 heterocycles. The SMILES string of the molecule is Cc1cc(C(=O)c2ccc(N)cc2C)c(C)o1. The van der Waals surface area contributed by atoms with Gasteiger partial charge in [-0.1, -0.05) is 0 Å². The number of benzene rings is 1. The zero-order valence-corrected chi connectivity index (χ0v) is 10.2. The van der Waals surface area contributed by atoms with Crippen molar-refractivity contribution in [3.05, 3.63) is 52.5 Å². The number of rotatable bonds is 2. The van der Waals surface area contributed by atoms with E-state index >= 15 is 0 Å². The van der Waals surface area contributed by atoms with E-state index in [1.54, 1.807) is 31.2 Å². The molecule has 0 radical (unpaired) electrons. The number of anilines is 1. The summed E-state index contributed by atoms with van der Waals surface area (Å²) in [5, 5.41) is 0. The van der Waals surface area contributed by atoms with Crippen molar-refractivity contribution in [3.63, 3.8) is 0 Å². The highest BCUT2D eigenvalue weighted by molar-refractivity contribution is 6.10. The van der Waals surface area contributed by atoms with Crippen molar-refractivity contribution in [2.75, 3.05) is 5.73 Å². The average molecular weight is 229 g/mol. The van der Waals surface area contributed by atoms with Gasteiger partial charge in [-0.2, -0.15) is 0 Å². The number of carbonyl (C=O) groups is 1. The molecule has 3 heteroatoms. The summed E-state index contributed by atoms with van der Waals surface area (Å²) in [5.74, 6) is 1.39. The zero-order valence-electron chi connectivity index (χ0n) is 10.2. The monoisotopic (exact) mass is 229 g/mol. The lowest BCUT2D eigenvalue weighted by atomic mass is 9.99. The maximum absolute atomic E-state index is 12.3. The molecule has 0 aliphatic rings. The highest BCUT2D eigenvalue weighted by Gasteiger charge is 2.17. The predicted octanol–water partition coefficient (Wildman–Crippen LogP) is 3.02. The van der Waals surface area contributed by atoms with Crippen LogP contribution in [0.25, 0.3) is 0 Å². The van der Waals surface area contributed by atoms with Crippen LogP contribution in [0.2, 0.25) is 0 Å². The van der Waals surface area contributed by atoms with Crippen molar-refractivity contribution in [1.82, 2.24) is 0 Å². The zero-order chi connectivity index (χ0) is 12.6. The molecule has 2 N–H and O–H groups in total. The molecule has 0 fully saturated rings. The summed E-state index contributed by atoms with van der Waals surface area (Å²) >= 11 is 0. The summed E-state index contributed by atoms with van der Waals surface area (Å²) in [5.41, 5.74) is 8.51. The van der Waals surface area contributed by atoms with Gasteiger partial charge in [-0.05, 0) is 50.6 Å². The van der Waals surface area contributed by atoms with Crippen LogP contribution in [-0.2, 0) is 0 Å². The fourth-order valence-corrected chi connectivity index (χ4v) is 1.94. The third-order valence-electron chi connectivity index (χ3n) is 2.78. The van der Waals surface area contributed by atoms with Crippen molar-refractivity contribution in [3.8, 4) is 0 Å². The maximum atomic E-state index is 12.3. The van der Waals surface area contributed by atoms with Crippen LogP contribution in [-0.4, -0.2) is 5.78 Å². The Hall–Kier alpha value is -2.03. The van der Waals surface area contributed by atoms with Crippen LogP contribution in [0.5, 0.6) is 0 Å². The van der Waals surface area contributed by atoms with Crippen molar-refractivity contribution >= 4 is 11.5 Å². The Kier molecular flexibility index (Phi) is 2.76. The van der Waals surface area contributed by atoms with Crippen molar-refractivity contribution in [2.24, 2.45) is 0 Å². The molecule has 0 aliphatic heterocycles. The number of carbonyl (C=O) groups excluding carboxylic acids is 1. The van der Waals surface area contributed by atoms with E-state index in [1.165, 1.54) is 0 Å². The molecule has 17 heavy (non-hydrogen) atoms. The van der Waals surface area contributed by atoms with Crippen LogP contribution in [0.1, 0.15) is 33.0 Å². The number of hydrogen-bond donors (Lipinski definition) is 1. The Morgan fingerprint density at radius 2 is 1.82 bits per heavy atom. The van der Waals surface area contributed by atoms with Gasteiger partial charge in [0.2, 0.25) is 0 Å². The van der Waals surface area contributed by atoms with E-state index in [9.17, 15) is 4.79 Å². The van der Waals surface area contributed by atoms with Crippen molar-refractivity contribution in [1.29, 1.82) is 0 Å². The molecule has 1 aromatic carbocycles. The minimum Gasteiger partial charge on any atom is -0.466 e. The third-order valence-corrected chi connectivity index (χ3v) is 2.78. The maximum Gasteiger partial charge on any atom is 0.196 e. The normalized spacial score (nSPS) is 10.5. The molecule has 0 aliphatic carbocycles. The molecule has 1 aromatic heterocycles. The lowest BCUT2D eigenvalue weighted by Gasteiger charge is -2.04. The first-order valence-corrected chi connectivity index (χ1v) is 5.47. The van der Waals surface area contributed by atoms with Gasteiger partial charge in [0.15, 0.2) is 5.78 Å². The van der Waals surface area contributed by atoms with Crippen LogP contribution in [0, 0.1) is 20.8 Å². The summed E-state index contributed by atoms with van der Waals surface area (Å²) in [6, 6.07) is 7.07. The first-order valence-electron chi connectivity index (χ1n) is 5.47. The molecule has 0 spiro atoms. The summed E-state index contributed by atoms with van der Waals surface area (Å²) in [7, 11) is 0. The molecule has 0 saturated carbocycles.